The molecule has 29 heavy (non-hydrogen) atoms. The monoisotopic (exact) mass is 387 g/mol. The molecule has 4 aromatic rings. The fourth-order valence-electron chi connectivity index (χ4n) is 4.30. The van der Waals surface area contributed by atoms with Gasteiger partial charge in [-0.2, -0.15) is 0 Å². The number of hydrogen-bond acceptors (Lipinski definition) is 4. The molecular weight excluding hydrogens is 362 g/mol. The molecule has 0 radical (unpaired) electrons. The number of piperidine rings is 1. The Bertz CT molecular complexity index is 1130. The van der Waals surface area contributed by atoms with Gasteiger partial charge in [-0.3, -0.25) is 5.41 Å². The van der Waals surface area contributed by atoms with Crippen LogP contribution in [0.25, 0.3) is 22.1 Å². The number of benzene rings is 2. The fraction of sp³-hybridized carbons (Fsp3) is 0.318. The van der Waals surface area contributed by atoms with E-state index in [2.05, 4.69) is 21.4 Å². The Hall–Kier alpha value is -3.19. The van der Waals surface area contributed by atoms with E-state index in [1.165, 1.54) is 12.8 Å². The zero-order valence-electron chi connectivity index (χ0n) is 16.2. The standard InChI is InChI=1S/C22H25N7/c23-20(24)14-5-6-18-19(12-14)29-22(28-18)15(11-13-7-9-25-10-8-13)21-26-16-3-1-2-4-17(16)27-21/h1-6,12-13,15,25H,7-11H2,(H3,23,24)(H,26,27)(H,28,29). The Labute approximate surface area is 168 Å². The zero-order chi connectivity index (χ0) is 19.8. The van der Waals surface area contributed by atoms with Crippen molar-refractivity contribution in [1.82, 2.24) is 25.3 Å². The Balaban J connectivity index is 1.56. The number of aromatic amines is 2. The summed E-state index contributed by atoms with van der Waals surface area (Å²) >= 11 is 0. The minimum Gasteiger partial charge on any atom is -0.384 e. The first kappa shape index (κ1) is 17.9. The number of hydrogen-bond donors (Lipinski definition) is 5. The summed E-state index contributed by atoms with van der Waals surface area (Å²) in [7, 11) is 0. The second-order valence-electron chi connectivity index (χ2n) is 7.89. The Morgan fingerprint density at radius 2 is 1.69 bits per heavy atom. The van der Waals surface area contributed by atoms with Crippen molar-refractivity contribution in [1.29, 1.82) is 5.41 Å². The molecule has 0 saturated carbocycles. The van der Waals surface area contributed by atoms with Crippen LogP contribution in [0.3, 0.4) is 0 Å². The van der Waals surface area contributed by atoms with Gasteiger partial charge >= 0.3 is 0 Å². The summed E-state index contributed by atoms with van der Waals surface area (Å²) in [6.07, 6.45) is 3.35. The quantitative estimate of drug-likeness (QED) is 0.267. The van der Waals surface area contributed by atoms with Gasteiger partial charge in [-0.1, -0.05) is 12.1 Å². The van der Waals surface area contributed by atoms with Crippen LogP contribution in [-0.2, 0) is 0 Å². The van der Waals surface area contributed by atoms with Crippen molar-refractivity contribution in [2.75, 3.05) is 13.1 Å². The number of imidazole rings is 2. The van der Waals surface area contributed by atoms with Crippen LogP contribution < -0.4 is 11.1 Å². The summed E-state index contributed by atoms with van der Waals surface area (Å²) in [6.45, 7) is 2.14. The molecule has 0 amide bonds. The molecule has 5 rings (SSSR count). The molecule has 1 fully saturated rings. The number of amidine groups is 1. The molecule has 0 spiro atoms. The number of para-hydroxylation sites is 2. The molecular formula is C22H25N7. The first-order valence-corrected chi connectivity index (χ1v) is 10.2. The summed E-state index contributed by atoms with van der Waals surface area (Å²) in [5.41, 5.74) is 10.2. The highest BCUT2D eigenvalue weighted by atomic mass is 15.0. The first-order valence-electron chi connectivity index (χ1n) is 10.2. The average molecular weight is 387 g/mol. The number of aromatic nitrogens is 4. The molecule has 1 atom stereocenters. The van der Waals surface area contributed by atoms with Crippen molar-refractivity contribution < 1.29 is 0 Å². The summed E-state index contributed by atoms with van der Waals surface area (Å²) in [4.78, 5) is 16.8. The van der Waals surface area contributed by atoms with Crippen LogP contribution in [0.1, 0.15) is 42.4 Å². The van der Waals surface area contributed by atoms with Crippen molar-refractivity contribution in [2.24, 2.45) is 11.7 Å². The van der Waals surface area contributed by atoms with E-state index in [-0.39, 0.29) is 11.8 Å². The van der Waals surface area contributed by atoms with Gasteiger partial charge in [-0.25, -0.2) is 9.97 Å². The van der Waals surface area contributed by atoms with E-state index in [0.29, 0.717) is 11.5 Å². The van der Waals surface area contributed by atoms with Gasteiger partial charge in [-0.05, 0) is 68.6 Å². The maximum absolute atomic E-state index is 7.69. The zero-order valence-corrected chi connectivity index (χ0v) is 16.2. The van der Waals surface area contributed by atoms with Gasteiger partial charge in [0.05, 0.1) is 28.0 Å². The van der Waals surface area contributed by atoms with Crippen LogP contribution in [-0.4, -0.2) is 38.9 Å². The molecule has 0 aliphatic carbocycles. The third-order valence-corrected chi connectivity index (χ3v) is 5.91. The molecule has 1 unspecified atom stereocenters. The summed E-state index contributed by atoms with van der Waals surface area (Å²) in [6, 6.07) is 13.8. The second kappa shape index (κ2) is 7.33. The van der Waals surface area contributed by atoms with E-state index in [1.807, 2.05) is 36.4 Å². The third kappa shape index (κ3) is 3.49. The van der Waals surface area contributed by atoms with Crippen molar-refractivity contribution >= 4 is 27.9 Å². The third-order valence-electron chi connectivity index (χ3n) is 5.91. The number of nitrogens with two attached hydrogens (primary N) is 1. The van der Waals surface area contributed by atoms with Gasteiger partial charge in [0, 0.05) is 5.56 Å². The highest BCUT2D eigenvalue weighted by Gasteiger charge is 2.26. The number of fused-ring (bicyclic) bond motifs is 2. The number of rotatable bonds is 5. The van der Waals surface area contributed by atoms with E-state index in [9.17, 15) is 0 Å². The molecule has 6 N–H and O–H groups in total. The highest BCUT2D eigenvalue weighted by molar-refractivity contribution is 5.97. The predicted octanol–water partition coefficient (Wildman–Crippen LogP) is 3.24. The lowest BCUT2D eigenvalue weighted by Gasteiger charge is -2.25. The minimum atomic E-state index is 0.0617. The van der Waals surface area contributed by atoms with Crippen molar-refractivity contribution in [2.45, 2.75) is 25.2 Å². The molecule has 1 aliphatic rings. The molecule has 148 valence electrons. The van der Waals surface area contributed by atoms with Crippen LogP contribution in [0.15, 0.2) is 42.5 Å². The van der Waals surface area contributed by atoms with Gasteiger partial charge in [-0.15, -0.1) is 0 Å². The SMILES string of the molecule is N=C(N)c1ccc2nc(C(CC3CCNCC3)c3nc4ccccc4[nH]3)[nH]c2c1. The highest BCUT2D eigenvalue weighted by Crippen LogP contribution is 2.33. The van der Waals surface area contributed by atoms with Crippen LogP contribution >= 0.6 is 0 Å². The normalized spacial score (nSPS) is 16.4. The molecule has 0 bridgehead atoms. The van der Waals surface area contributed by atoms with Gasteiger partial charge in [0.2, 0.25) is 0 Å². The van der Waals surface area contributed by atoms with Crippen molar-refractivity contribution in [3.05, 3.63) is 59.7 Å². The van der Waals surface area contributed by atoms with Gasteiger partial charge in [0.1, 0.15) is 17.5 Å². The molecule has 7 nitrogen and oxygen atoms in total. The number of H-pyrrole nitrogens is 2. The Morgan fingerprint density at radius 3 is 2.41 bits per heavy atom. The molecule has 7 heteroatoms. The van der Waals surface area contributed by atoms with Crippen molar-refractivity contribution in [3.63, 3.8) is 0 Å². The van der Waals surface area contributed by atoms with Crippen molar-refractivity contribution in [3.8, 4) is 0 Å². The van der Waals surface area contributed by atoms with Crippen LogP contribution in [0.2, 0.25) is 0 Å². The summed E-state index contributed by atoms with van der Waals surface area (Å²) in [5.74, 6) is 2.63. The lowest BCUT2D eigenvalue weighted by atomic mass is 9.87. The maximum Gasteiger partial charge on any atom is 0.122 e. The lowest BCUT2D eigenvalue weighted by Crippen LogP contribution is -2.29. The number of nitrogen functional groups attached to an aromatic ring is 1. The summed E-state index contributed by atoms with van der Waals surface area (Å²) < 4.78 is 0. The van der Waals surface area contributed by atoms with E-state index < -0.39 is 0 Å². The van der Waals surface area contributed by atoms with Crippen LogP contribution in [0, 0.1) is 11.3 Å². The maximum atomic E-state index is 7.69. The van der Waals surface area contributed by atoms with Gasteiger partial charge in [0.15, 0.2) is 0 Å². The summed E-state index contributed by atoms with van der Waals surface area (Å²) in [5, 5.41) is 11.1. The molecule has 1 aliphatic heterocycles. The second-order valence-corrected chi connectivity index (χ2v) is 7.89. The van der Waals surface area contributed by atoms with Gasteiger partial charge < -0.3 is 21.0 Å². The lowest BCUT2D eigenvalue weighted by molar-refractivity contribution is 0.336. The Kier molecular flexibility index (Phi) is 4.52. The fourth-order valence-corrected chi connectivity index (χ4v) is 4.30. The van der Waals surface area contributed by atoms with Gasteiger partial charge in [0.25, 0.3) is 0 Å². The predicted molar refractivity (Wildman–Crippen MR) is 115 cm³/mol. The average Bonchev–Trinajstić information content (AvgIpc) is 3.36. The largest absolute Gasteiger partial charge is 0.384 e. The van der Waals surface area contributed by atoms with Crippen LogP contribution in [0.5, 0.6) is 0 Å². The molecule has 1 saturated heterocycles. The molecule has 2 aromatic heterocycles. The topological polar surface area (TPSA) is 119 Å². The smallest absolute Gasteiger partial charge is 0.122 e. The van der Waals surface area contributed by atoms with E-state index in [0.717, 1.165) is 53.2 Å². The molecule has 2 aromatic carbocycles. The van der Waals surface area contributed by atoms with E-state index >= 15 is 0 Å². The number of nitrogens with zero attached hydrogens (tertiary/aromatic N) is 2. The first-order chi connectivity index (χ1) is 14.2. The number of nitrogens with one attached hydrogen (secondary N) is 4. The van der Waals surface area contributed by atoms with E-state index in [4.69, 9.17) is 21.1 Å². The Morgan fingerprint density at radius 1 is 1.00 bits per heavy atom. The minimum absolute atomic E-state index is 0.0617. The molecule has 3 heterocycles. The van der Waals surface area contributed by atoms with E-state index in [1.54, 1.807) is 0 Å². The van der Waals surface area contributed by atoms with Crippen LogP contribution in [0.4, 0.5) is 0 Å².